The first-order valence-corrected chi connectivity index (χ1v) is 8.42. The van der Waals surface area contributed by atoms with Gasteiger partial charge in [-0.1, -0.05) is 0 Å². The van der Waals surface area contributed by atoms with Crippen LogP contribution >= 0.6 is 0 Å². The number of imidazole rings is 1. The monoisotopic (exact) mass is 316 g/mol. The third kappa shape index (κ3) is 2.97. The zero-order valence-electron chi connectivity index (χ0n) is 12.0. The van der Waals surface area contributed by atoms with Crippen LogP contribution in [0.15, 0.2) is 6.20 Å². The molecule has 3 rings (SSSR count). The van der Waals surface area contributed by atoms with Gasteiger partial charge in [-0.05, 0) is 6.92 Å². The number of nitrogens with one attached hydrogen (secondary N) is 1. The molecule has 0 bridgehead atoms. The van der Waals surface area contributed by atoms with Gasteiger partial charge in [0.15, 0.2) is 0 Å². The van der Waals surface area contributed by atoms with E-state index in [9.17, 15) is 8.42 Å². The first-order chi connectivity index (χ1) is 10.1. The van der Waals surface area contributed by atoms with E-state index in [-0.39, 0.29) is 0 Å². The Balaban J connectivity index is 1.86. The van der Waals surface area contributed by atoms with Crippen molar-refractivity contribution in [3.63, 3.8) is 0 Å². The van der Waals surface area contributed by atoms with Crippen molar-refractivity contribution >= 4 is 10.2 Å². The summed E-state index contributed by atoms with van der Waals surface area (Å²) in [6.07, 6.45) is 1.70. The number of aromatic amines is 1. The van der Waals surface area contributed by atoms with Gasteiger partial charge in [-0.3, -0.25) is 0 Å². The van der Waals surface area contributed by atoms with Crippen LogP contribution in [0.5, 0.6) is 0 Å². The van der Waals surface area contributed by atoms with Gasteiger partial charge in [-0.25, -0.2) is 4.98 Å². The van der Waals surface area contributed by atoms with Crippen molar-refractivity contribution in [1.29, 1.82) is 0 Å². The van der Waals surface area contributed by atoms with E-state index in [0.29, 0.717) is 51.9 Å². The van der Waals surface area contributed by atoms with Crippen molar-refractivity contribution in [3.05, 3.63) is 17.7 Å². The second-order valence-electron chi connectivity index (χ2n) is 5.17. The molecule has 21 heavy (non-hydrogen) atoms. The van der Waals surface area contributed by atoms with Crippen LogP contribution in [0.4, 0.5) is 0 Å². The van der Waals surface area contributed by atoms with Crippen LogP contribution in [0.25, 0.3) is 0 Å². The van der Waals surface area contributed by atoms with Crippen LogP contribution in [0, 0.1) is 6.92 Å². The minimum absolute atomic E-state index is 0.316. The SMILES string of the molecule is Cc1cnc(C2COCCN2S(=O)(=O)N2CCOCC2)[nH]1. The summed E-state index contributed by atoms with van der Waals surface area (Å²) in [5, 5.41) is 0. The highest BCUT2D eigenvalue weighted by atomic mass is 32.2. The molecule has 0 aliphatic carbocycles. The van der Waals surface area contributed by atoms with Gasteiger partial charge < -0.3 is 14.5 Å². The first kappa shape index (κ1) is 14.9. The van der Waals surface area contributed by atoms with Crippen LogP contribution in [0.1, 0.15) is 17.6 Å². The number of hydrogen-bond donors (Lipinski definition) is 1. The average molecular weight is 316 g/mol. The molecule has 1 unspecified atom stereocenters. The quantitative estimate of drug-likeness (QED) is 0.825. The maximum atomic E-state index is 12.8. The molecule has 0 spiro atoms. The number of ether oxygens (including phenoxy) is 2. The Morgan fingerprint density at radius 2 is 1.95 bits per heavy atom. The van der Waals surface area contributed by atoms with E-state index in [1.165, 1.54) is 8.61 Å². The molecule has 2 aliphatic rings. The molecule has 3 heterocycles. The molecule has 0 aromatic carbocycles. The number of morpholine rings is 2. The van der Waals surface area contributed by atoms with Crippen molar-refractivity contribution in [1.82, 2.24) is 18.6 Å². The number of aromatic nitrogens is 2. The second kappa shape index (κ2) is 6.01. The fourth-order valence-corrected chi connectivity index (χ4v) is 4.30. The fourth-order valence-electron chi connectivity index (χ4n) is 2.61. The second-order valence-corrected chi connectivity index (χ2v) is 7.05. The topological polar surface area (TPSA) is 87.8 Å². The van der Waals surface area contributed by atoms with Crippen LogP contribution < -0.4 is 0 Å². The summed E-state index contributed by atoms with van der Waals surface area (Å²) in [7, 11) is -3.53. The van der Waals surface area contributed by atoms with Crippen LogP contribution in [-0.4, -0.2) is 73.1 Å². The van der Waals surface area contributed by atoms with Crippen molar-refractivity contribution < 1.29 is 17.9 Å². The van der Waals surface area contributed by atoms with E-state index < -0.39 is 16.3 Å². The molecular weight excluding hydrogens is 296 g/mol. The molecule has 0 amide bonds. The van der Waals surface area contributed by atoms with Crippen molar-refractivity contribution in [3.8, 4) is 0 Å². The highest BCUT2D eigenvalue weighted by Gasteiger charge is 2.39. The molecule has 2 aliphatic heterocycles. The molecule has 1 N–H and O–H groups in total. The highest BCUT2D eigenvalue weighted by molar-refractivity contribution is 7.86. The summed E-state index contributed by atoms with van der Waals surface area (Å²) >= 11 is 0. The Morgan fingerprint density at radius 1 is 1.24 bits per heavy atom. The number of H-pyrrole nitrogens is 1. The van der Waals surface area contributed by atoms with Gasteiger partial charge in [0.25, 0.3) is 10.2 Å². The van der Waals surface area contributed by atoms with Crippen LogP contribution in [0.2, 0.25) is 0 Å². The molecule has 2 saturated heterocycles. The van der Waals surface area contributed by atoms with E-state index in [4.69, 9.17) is 9.47 Å². The van der Waals surface area contributed by atoms with E-state index in [2.05, 4.69) is 9.97 Å². The van der Waals surface area contributed by atoms with E-state index in [1.54, 1.807) is 6.20 Å². The minimum atomic E-state index is -3.53. The van der Waals surface area contributed by atoms with Crippen LogP contribution in [0.3, 0.4) is 0 Å². The summed E-state index contributed by atoms with van der Waals surface area (Å²) in [5.41, 5.74) is 0.902. The normalized spacial score (nSPS) is 26.0. The van der Waals surface area contributed by atoms with E-state index in [0.717, 1.165) is 5.69 Å². The molecule has 1 atom stereocenters. The standard InChI is InChI=1S/C12H20N4O4S/c1-10-8-13-12(14-10)11-9-20-7-4-16(11)21(17,18)15-2-5-19-6-3-15/h8,11H,2-7,9H2,1H3,(H,13,14). The number of rotatable bonds is 3. The van der Waals surface area contributed by atoms with Crippen LogP contribution in [-0.2, 0) is 19.7 Å². The molecule has 0 radical (unpaired) electrons. The van der Waals surface area contributed by atoms with Gasteiger partial charge in [0.05, 0.1) is 26.4 Å². The molecule has 1 aromatic heterocycles. The molecule has 0 saturated carbocycles. The van der Waals surface area contributed by atoms with Crippen molar-refractivity contribution in [2.45, 2.75) is 13.0 Å². The zero-order valence-corrected chi connectivity index (χ0v) is 12.8. The molecular formula is C12H20N4O4S. The lowest BCUT2D eigenvalue weighted by atomic mass is 10.2. The van der Waals surface area contributed by atoms with Crippen molar-refractivity contribution in [2.75, 3.05) is 46.1 Å². The van der Waals surface area contributed by atoms with E-state index in [1.807, 2.05) is 6.92 Å². The van der Waals surface area contributed by atoms with E-state index >= 15 is 0 Å². The summed E-state index contributed by atoms with van der Waals surface area (Å²) in [6, 6.07) is -0.403. The Morgan fingerprint density at radius 3 is 2.62 bits per heavy atom. The Labute approximate surface area is 124 Å². The molecule has 2 fully saturated rings. The van der Waals surface area contributed by atoms with Gasteiger partial charge in [-0.15, -0.1) is 0 Å². The largest absolute Gasteiger partial charge is 0.379 e. The zero-order chi connectivity index (χ0) is 14.9. The first-order valence-electron chi connectivity index (χ1n) is 7.03. The highest BCUT2D eigenvalue weighted by Crippen LogP contribution is 2.27. The summed E-state index contributed by atoms with van der Waals surface area (Å²) in [6.45, 7) is 4.61. The summed E-state index contributed by atoms with van der Waals surface area (Å²) < 4.78 is 39.3. The number of aryl methyl sites for hydroxylation is 1. The third-order valence-electron chi connectivity index (χ3n) is 3.71. The average Bonchev–Trinajstić information content (AvgIpc) is 2.95. The summed E-state index contributed by atoms with van der Waals surface area (Å²) in [4.78, 5) is 7.37. The maximum absolute atomic E-state index is 12.8. The Hall–Kier alpha value is -1.00. The lowest BCUT2D eigenvalue weighted by Gasteiger charge is -2.37. The van der Waals surface area contributed by atoms with Gasteiger partial charge >= 0.3 is 0 Å². The number of nitrogens with zero attached hydrogens (tertiary/aromatic N) is 3. The minimum Gasteiger partial charge on any atom is -0.379 e. The molecule has 9 heteroatoms. The molecule has 118 valence electrons. The van der Waals surface area contributed by atoms with Gasteiger partial charge in [-0.2, -0.15) is 17.0 Å². The van der Waals surface area contributed by atoms with Gasteiger partial charge in [0, 0.05) is 31.5 Å². The number of hydrogen-bond acceptors (Lipinski definition) is 5. The Bertz CT molecular complexity index is 582. The maximum Gasteiger partial charge on any atom is 0.282 e. The molecule has 1 aromatic rings. The predicted octanol–water partition coefficient (Wildman–Crippen LogP) is -0.332. The van der Waals surface area contributed by atoms with Gasteiger partial charge in [0.2, 0.25) is 0 Å². The van der Waals surface area contributed by atoms with Crippen molar-refractivity contribution in [2.24, 2.45) is 0 Å². The smallest absolute Gasteiger partial charge is 0.282 e. The predicted molar refractivity (Wildman–Crippen MR) is 74.9 cm³/mol. The Kier molecular flexibility index (Phi) is 4.27. The summed E-state index contributed by atoms with van der Waals surface area (Å²) in [5.74, 6) is 0.629. The third-order valence-corrected chi connectivity index (χ3v) is 5.76. The fraction of sp³-hybridized carbons (Fsp3) is 0.750. The lowest BCUT2D eigenvalue weighted by Crippen LogP contribution is -2.53. The molecule has 8 nitrogen and oxygen atoms in total. The lowest BCUT2D eigenvalue weighted by molar-refractivity contribution is 0.0212. The van der Waals surface area contributed by atoms with Gasteiger partial charge in [0.1, 0.15) is 11.9 Å².